The van der Waals surface area contributed by atoms with E-state index >= 15 is 0 Å². The number of likely N-dealkylation sites (N-methyl/N-ethyl adjacent to an activating group) is 1. The van der Waals surface area contributed by atoms with Gasteiger partial charge in [-0.1, -0.05) is 34.5 Å². The monoisotopic (exact) mass is 356 g/mol. The molecule has 0 aliphatic rings. The van der Waals surface area contributed by atoms with Crippen molar-refractivity contribution in [2.24, 2.45) is 0 Å². The van der Waals surface area contributed by atoms with E-state index in [1.54, 1.807) is 24.5 Å². The maximum absolute atomic E-state index is 13.5. The Balaban J connectivity index is 2.32. The van der Waals surface area contributed by atoms with E-state index in [9.17, 15) is 4.39 Å². The molecule has 2 nitrogen and oxygen atoms in total. The fraction of sp³-hybridized carbons (Fsp3) is 0.267. The normalized spacial score (nSPS) is 12.4. The quantitative estimate of drug-likeness (QED) is 0.850. The first-order valence-corrected chi connectivity index (χ1v) is 7.55. The Morgan fingerprint density at radius 2 is 2.20 bits per heavy atom. The van der Waals surface area contributed by atoms with Crippen LogP contribution in [0.5, 0.6) is 0 Å². The molecular weight excluding hydrogens is 343 g/mol. The highest BCUT2D eigenvalue weighted by molar-refractivity contribution is 9.10. The van der Waals surface area contributed by atoms with Crippen molar-refractivity contribution < 1.29 is 4.39 Å². The topological polar surface area (TPSA) is 24.9 Å². The summed E-state index contributed by atoms with van der Waals surface area (Å²) in [6.45, 7) is 2.81. The Bertz CT molecular complexity index is 592. The van der Waals surface area contributed by atoms with Crippen LogP contribution in [-0.2, 0) is 6.42 Å². The second-order valence-electron chi connectivity index (χ2n) is 4.45. The standard InChI is InChI=1S/C15H15BrClFN2/c1-2-20-15(7-10-5-6-19-9-14(10)17)12-8-11(18)3-4-13(12)16/h3-6,8-9,15,20H,2,7H2,1H3. The van der Waals surface area contributed by atoms with Crippen LogP contribution < -0.4 is 5.32 Å². The summed E-state index contributed by atoms with van der Waals surface area (Å²) in [4.78, 5) is 3.98. The largest absolute Gasteiger partial charge is 0.310 e. The van der Waals surface area contributed by atoms with Crippen LogP contribution in [0, 0.1) is 5.82 Å². The molecule has 0 saturated heterocycles. The molecule has 0 bridgehead atoms. The van der Waals surface area contributed by atoms with Crippen LogP contribution in [0.4, 0.5) is 4.39 Å². The molecule has 0 aliphatic heterocycles. The first kappa shape index (κ1) is 15.4. The van der Waals surface area contributed by atoms with Gasteiger partial charge in [0.05, 0.1) is 5.02 Å². The summed E-state index contributed by atoms with van der Waals surface area (Å²) in [5.74, 6) is -0.244. The van der Waals surface area contributed by atoms with E-state index in [0.717, 1.165) is 22.1 Å². The van der Waals surface area contributed by atoms with Crippen LogP contribution in [0.25, 0.3) is 0 Å². The van der Waals surface area contributed by atoms with Crippen LogP contribution in [0.1, 0.15) is 24.1 Å². The minimum atomic E-state index is -0.244. The van der Waals surface area contributed by atoms with E-state index in [1.165, 1.54) is 6.07 Å². The summed E-state index contributed by atoms with van der Waals surface area (Å²) >= 11 is 9.63. The number of nitrogens with zero attached hydrogens (tertiary/aromatic N) is 1. The zero-order chi connectivity index (χ0) is 14.5. The van der Waals surface area contributed by atoms with Gasteiger partial charge in [0.1, 0.15) is 5.82 Å². The molecule has 1 unspecified atom stereocenters. The lowest BCUT2D eigenvalue weighted by atomic mass is 9.99. The number of aromatic nitrogens is 1. The maximum atomic E-state index is 13.5. The van der Waals surface area contributed by atoms with Crippen LogP contribution in [-0.4, -0.2) is 11.5 Å². The van der Waals surface area contributed by atoms with Crippen molar-refractivity contribution in [3.05, 3.63) is 63.1 Å². The lowest BCUT2D eigenvalue weighted by molar-refractivity contribution is 0.540. The molecule has 0 radical (unpaired) electrons. The average molecular weight is 358 g/mol. The van der Waals surface area contributed by atoms with Crippen LogP contribution >= 0.6 is 27.5 Å². The Labute approximate surface area is 131 Å². The van der Waals surface area contributed by atoms with Gasteiger partial charge in [-0.25, -0.2) is 4.39 Å². The zero-order valence-electron chi connectivity index (χ0n) is 11.0. The van der Waals surface area contributed by atoms with Gasteiger partial charge >= 0.3 is 0 Å². The number of hydrogen-bond donors (Lipinski definition) is 1. The van der Waals surface area contributed by atoms with Crippen molar-refractivity contribution in [3.8, 4) is 0 Å². The van der Waals surface area contributed by atoms with Gasteiger partial charge in [0.2, 0.25) is 0 Å². The summed E-state index contributed by atoms with van der Waals surface area (Å²) in [5, 5.41) is 3.99. The molecule has 0 aliphatic carbocycles. The fourth-order valence-electron chi connectivity index (χ4n) is 2.11. The molecule has 0 spiro atoms. The number of rotatable bonds is 5. The second kappa shape index (κ2) is 7.16. The molecule has 106 valence electrons. The van der Waals surface area contributed by atoms with Crippen molar-refractivity contribution in [2.75, 3.05) is 6.54 Å². The van der Waals surface area contributed by atoms with E-state index in [0.29, 0.717) is 11.4 Å². The predicted molar refractivity (Wildman–Crippen MR) is 83.5 cm³/mol. The number of halogens is 3. The Morgan fingerprint density at radius 3 is 2.90 bits per heavy atom. The first-order chi connectivity index (χ1) is 9.61. The van der Waals surface area contributed by atoms with Gasteiger partial charge in [0.25, 0.3) is 0 Å². The maximum Gasteiger partial charge on any atom is 0.123 e. The number of benzene rings is 1. The third-order valence-corrected chi connectivity index (χ3v) is 4.13. The minimum Gasteiger partial charge on any atom is -0.310 e. The second-order valence-corrected chi connectivity index (χ2v) is 5.71. The zero-order valence-corrected chi connectivity index (χ0v) is 13.4. The van der Waals surface area contributed by atoms with Crippen molar-refractivity contribution in [1.82, 2.24) is 10.3 Å². The molecule has 1 heterocycles. The molecule has 20 heavy (non-hydrogen) atoms. The van der Waals surface area contributed by atoms with Crippen molar-refractivity contribution in [1.29, 1.82) is 0 Å². The molecule has 1 aromatic carbocycles. The summed E-state index contributed by atoms with van der Waals surface area (Å²) in [5.41, 5.74) is 1.88. The molecule has 0 saturated carbocycles. The lowest BCUT2D eigenvalue weighted by Crippen LogP contribution is -2.23. The predicted octanol–water partition coefficient (Wildman–Crippen LogP) is 4.53. The van der Waals surface area contributed by atoms with E-state index in [1.807, 2.05) is 13.0 Å². The smallest absolute Gasteiger partial charge is 0.123 e. The third-order valence-electron chi connectivity index (χ3n) is 3.06. The van der Waals surface area contributed by atoms with Gasteiger partial charge < -0.3 is 5.32 Å². The Hall–Kier alpha value is -0.970. The van der Waals surface area contributed by atoms with E-state index in [-0.39, 0.29) is 11.9 Å². The molecule has 1 N–H and O–H groups in total. The average Bonchev–Trinajstić information content (AvgIpc) is 2.43. The highest BCUT2D eigenvalue weighted by Gasteiger charge is 2.16. The Morgan fingerprint density at radius 1 is 1.40 bits per heavy atom. The van der Waals surface area contributed by atoms with Crippen LogP contribution in [0.3, 0.4) is 0 Å². The molecule has 5 heteroatoms. The molecular formula is C15H15BrClFN2. The van der Waals surface area contributed by atoms with Gasteiger partial charge in [-0.3, -0.25) is 4.98 Å². The lowest BCUT2D eigenvalue weighted by Gasteiger charge is -2.20. The number of pyridine rings is 1. The molecule has 2 rings (SSSR count). The highest BCUT2D eigenvalue weighted by Crippen LogP contribution is 2.28. The Kier molecular flexibility index (Phi) is 5.52. The van der Waals surface area contributed by atoms with Crippen molar-refractivity contribution >= 4 is 27.5 Å². The van der Waals surface area contributed by atoms with Crippen molar-refractivity contribution in [3.63, 3.8) is 0 Å². The molecule has 0 amide bonds. The van der Waals surface area contributed by atoms with Crippen LogP contribution in [0.15, 0.2) is 41.1 Å². The van der Waals surface area contributed by atoms with E-state index < -0.39 is 0 Å². The fourth-order valence-corrected chi connectivity index (χ4v) is 2.83. The summed E-state index contributed by atoms with van der Waals surface area (Å²) in [6.07, 6.45) is 4.02. The van der Waals surface area contributed by atoms with E-state index in [2.05, 4.69) is 26.2 Å². The van der Waals surface area contributed by atoms with Crippen LogP contribution in [0.2, 0.25) is 5.02 Å². The molecule has 1 aromatic heterocycles. The molecule has 1 atom stereocenters. The number of nitrogens with one attached hydrogen (secondary N) is 1. The van der Waals surface area contributed by atoms with Gasteiger partial charge in [-0.05, 0) is 48.4 Å². The number of hydrogen-bond acceptors (Lipinski definition) is 2. The van der Waals surface area contributed by atoms with Gasteiger partial charge in [0, 0.05) is 22.9 Å². The van der Waals surface area contributed by atoms with Crippen molar-refractivity contribution in [2.45, 2.75) is 19.4 Å². The van der Waals surface area contributed by atoms with Gasteiger partial charge in [-0.15, -0.1) is 0 Å². The minimum absolute atomic E-state index is 0.00928. The molecule has 2 aromatic rings. The third kappa shape index (κ3) is 3.78. The van der Waals surface area contributed by atoms with Gasteiger partial charge in [-0.2, -0.15) is 0 Å². The summed E-state index contributed by atoms with van der Waals surface area (Å²) in [6, 6.07) is 6.59. The van der Waals surface area contributed by atoms with Gasteiger partial charge in [0.15, 0.2) is 0 Å². The van der Waals surface area contributed by atoms with E-state index in [4.69, 9.17) is 11.6 Å². The first-order valence-electron chi connectivity index (χ1n) is 6.38. The highest BCUT2D eigenvalue weighted by atomic mass is 79.9. The molecule has 0 fully saturated rings. The summed E-state index contributed by atoms with van der Waals surface area (Å²) in [7, 11) is 0. The SMILES string of the molecule is CCNC(Cc1ccncc1Cl)c1cc(F)ccc1Br. The summed E-state index contributed by atoms with van der Waals surface area (Å²) < 4.78 is 14.4.